The first-order valence-corrected chi connectivity index (χ1v) is 8.59. The normalized spacial score (nSPS) is 22.0. The predicted molar refractivity (Wildman–Crippen MR) is 90.2 cm³/mol. The van der Waals surface area contributed by atoms with Crippen LogP contribution in [0.5, 0.6) is 0 Å². The van der Waals surface area contributed by atoms with Crippen LogP contribution in [-0.4, -0.2) is 43.5 Å². The van der Waals surface area contributed by atoms with Gasteiger partial charge in [-0.3, -0.25) is 4.79 Å². The minimum absolute atomic E-state index is 0.172. The highest BCUT2D eigenvalue weighted by Crippen LogP contribution is 2.28. The molecule has 0 aromatic rings. The number of nitrogens with zero attached hydrogens (tertiary/aromatic N) is 1. The molecule has 0 aromatic heterocycles. The van der Waals surface area contributed by atoms with E-state index in [0.717, 1.165) is 45.1 Å². The SMILES string of the molecule is BCCC[C@H]1CN(CCC#CCCCCC)C[C@H]1C(=O)O. The van der Waals surface area contributed by atoms with Crippen molar-refractivity contribution in [2.45, 2.75) is 58.2 Å². The van der Waals surface area contributed by atoms with Crippen molar-refractivity contribution in [3.05, 3.63) is 0 Å². The first-order valence-electron chi connectivity index (χ1n) is 8.59. The van der Waals surface area contributed by atoms with Gasteiger partial charge in [-0.2, -0.15) is 0 Å². The molecular formula is C17H30BNO2. The van der Waals surface area contributed by atoms with Crippen molar-refractivity contribution in [1.82, 2.24) is 4.90 Å². The van der Waals surface area contributed by atoms with E-state index in [2.05, 4.69) is 31.5 Å². The molecule has 1 N–H and O–H groups in total. The number of aliphatic carboxylic acids is 1. The summed E-state index contributed by atoms with van der Waals surface area (Å²) in [6, 6.07) is 0. The van der Waals surface area contributed by atoms with E-state index in [1.54, 1.807) is 0 Å². The molecule has 2 atom stereocenters. The zero-order valence-electron chi connectivity index (χ0n) is 13.7. The lowest BCUT2D eigenvalue weighted by molar-refractivity contribution is -0.142. The Hall–Kier alpha value is -0.945. The van der Waals surface area contributed by atoms with Crippen molar-refractivity contribution in [2.75, 3.05) is 19.6 Å². The summed E-state index contributed by atoms with van der Waals surface area (Å²) in [7, 11) is 2.16. The third kappa shape index (κ3) is 7.04. The third-order valence-corrected chi connectivity index (χ3v) is 4.35. The summed E-state index contributed by atoms with van der Waals surface area (Å²) in [6.45, 7) is 4.78. The second kappa shape index (κ2) is 10.7. The zero-order valence-corrected chi connectivity index (χ0v) is 13.7. The monoisotopic (exact) mass is 291 g/mol. The van der Waals surface area contributed by atoms with E-state index in [0.29, 0.717) is 12.5 Å². The van der Waals surface area contributed by atoms with Crippen LogP contribution in [0.3, 0.4) is 0 Å². The summed E-state index contributed by atoms with van der Waals surface area (Å²) >= 11 is 0. The molecule has 0 spiro atoms. The molecule has 0 aliphatic carbocycles. The standard InChI is InChI=1S/C17H30BNO2/c1-2-3-4-5-6-7-8-12-19-13-15(10-9-11-18)16(14-19)17(20)21/h15-16H,2-5,8-14,18H2,1H3,(H,20,21)/t15-,16+/m0/s1. The molecule has 21 heavy (non-hydrogen) atoms. The Kier molecular flexibility index (Phi) is 9.25. The van der Waals surface area contributed by atoms with Gasteiger partial charge >= 0.3 is 5.97 Å². The van der Waals surface area contributed by atoms with Crippen molar-refractivity contribution in [2.24, 2.45) is 11.8 Å². The predicted octanol–water partition coefficient (Wildman–Crippen LogP) is 2.42. The molecule has 0 amide bonds. The van der Waals surface area contributed by atoms with Crippen molar-refractivity contribution in [3.8, 4) is 11.8 Å². The first kappa shape index (κ1) is 18.1. The van der Waals surface area contributed by atoms with E-state index in [1.165, 1.54) is 19.3 Å². The van der Waals surface area contributed by atoms with Crippen LogP contribution in [0.15, 0.2) is 0 Å². The third-order valence-electron chi connectivity index (χ3n) is 4.35. The Labute approximate surface area is 130 Å². The van der Waals surface area contributed by atoms with Gasteiger partial charge in [-0.25, -0.2) is 0 Å². The quantitative estimate of drug-likeness (QED) is 0.403. The maximum Gasteiger partial charge on any atom is 0.308 e. The molecule has 1 aliphatic rings. The first-order chi connectivity index (χ1) is 10.2. The summed E-state index contributed by atoms with van der Waals surface area (Å²) in [4.78, 5) is 13.6. The molecular weight excluding hydrogens is 261 g/mol. The Morgan fingerprint density at radius 2 is 2.00 bits per heavy atom. The van der Waals surface area contributed by atoms with Gasteiger partial charge in [0.2, 0.25) is 0 Å². The van der Waals surface area contributed by atoms with Crippen LogP contribution in [0, 0.1) is 23.7 Å². The maximum atomic E-state index is 11.3. The van der Waals surface area contributed by atoms with E-state index in [-0.39, 0.29) is 5.92 Å². The summed E-state index contributed by atoms with van der Waals surface area (Å²) in [5.41, 5.74) is 0. The molecule has 0 radical (unpaired) electrons. The molecule has 1 fully saturated rings. The van der Waals surface area contributed by atoms with Gasteiger partial charge in [0.1, 0.15) is 7.85 Å². The molecule has 1 saturated heterocycles. The fourth-order valence-electron chi connectivity index (χ4n) is 3.04. The Morgan fingerprint density at radius 3 is 2.67 bits per heavy atom. The molecule has 4 heteroatoms. The fourth-order valence-corrected chi connectivity index (χ4v) is 3.04. The summed E-state index contributed by atoms with van der Waals surface area (Å²) in [6.07, 6.45) is 8.92. The average Bonchev–Trinajstić information content (AvgIpc) is 2.87. The van der Waals surface area contributed by atoms with Gasteiger partial charge in [-0.15, -0.1) is 11.8 Å². The molecule has 0 unspecified atom stereocenters. The topological polar surface area (TPSA) is 40.5 Å². The van der Waals surface area contributed by atoms with E-state index >= 15 is 0 Å². The minimum Gasteiger partial charge on any atom is -0.481 e. The molecule has 3 nitrogen and oxygen atoms in total. The van der Waals surface area contributed by atoms with Crippen LogP contribution in [-0.2, 0) is 4.79 Å². The highest BCUT2D eigenvalue weighted by Gasteiger charge is 2.36. The number of hydrogen-bond donors (Lipinski definition) is 1. The number of carboxylic acids is 1. The van der Waals surface area contributed by atoms with Crippen LogP contribution in [0.25, 0.3) is 0 Å². The number of rotatable bonds is 9. The van der Waals surface area contributed by atoms with Gasteiger partial charge in [0.15, 0.2) is 0 Å². The van der Waals surface area contributed by atoms with E-state index in [1.807, 2.05) is 0 Å². The average molecular weight is 291 g/mol. The molecule has 0 bridgehead atoms. The summed E-state index contributed by atoms with van der Waals surface area (Å²) in [5.74, 6) is 6.00. The van der Waals surface area contributed by atoms with Crippen LogP contribution in [0.1, 0.15) is 51.9 Å². The number of unbranched alkanes of at least 4 members (excludes halogenated alkanes) is 3. The number of carbonyl (C=O) groups is 1. The van der Waals surface area contributed by atoms with Gasteiger partial charge in [0, 0.05) is 32.5 Å². The largest absolute Gasteiger partial charge is 0.481 e. The Morgan fingerprint density at radius 1 is 1.24 bits per heavy atom. The second-order valence-corrected chi connectivity index (χ2v) is 6.17. The summed E-state index contributed by atoms with van der Waals surface area (Å²) in [5, 5.41) is 9.34. The second-order valence-electron chi connectivity index (χ2n) is 6.17. The molecule has 1 rings (SSSR count). The van der Waals surface area contributed by atoms with Crippen molar-refractivity contribution < 1.29 is 9.90 Å². The molecule has 118 valence electrons. The van der Waals surface area contributed by atoms with Crippen LogP contribution in [0.2, 0.25) is 6.32 Å². The number of hydrogen-bond acceptors (Lipinski definition) is 2. The van der Waals surface area contributed by atoms with Gasteiger partial charge < -0.3 is 10.0 Å². The lowest BCUT2D eigenvalue weighted by atomic mass is 9.88. The van der Waals surface area contributed by atoms with Crippen LogP contribution in [0.4, 0.5) is 0 Å². The van der Waals surface area contributed by atoms with Gasteiger partial charge in [-0.05, 0) is 18.8 Å². The van der Waals surface area contributed by atoms with E-state index in [9.17, 15) is 9.90 Å². The minimum atomic E-state index is -0.621. The lowest BCUT2D eigenvalue weighted by Gasteiger charge is -2.14. The highest BCUT2D eigenvalue weighted by atomic mass is 16.4. The zero-order chi connectivity index (χ0) is 15.5. The fraction of sp³-hybridized carbons (Fsp3) is 0.824. The lowest BCUT2D eigenvalue weighted by Crippen LogP contribution is -2.24. The number of likely N-dealkylation sites (tertiary alicyclic amines) is 1. The number of carboxylic acid groups (broad SMARTS) is 1. The van der Waals surface area contributed by atoms with Crippen LogP contribution >= 0.6 is 0 Å². The maximum absolute atomic E-state index is 11.3. The van der Waals surface area contributed by atoms with Crippen molar-refractivity contribution >= 4 is 13.8 Å². The molecule has 1 aliphatic heterocycles. The Balaban J connectivity index is 2.28. The smallest absolute Gasteiger partial charge is 0.308 e. The van der Waals surface area contributed by atoms with Gasteiger partial charge in [-0.1, -0.05) is 32.5 Å². The Bertz CT molecular complexity index is 362. The highest BCUT2D eigenvalue weighted by molar-refractivity contribution is 6.08. The molecule has 0 saturated carbocycles. The summed E-state index contributed by atoms with van der Waals surface area (Å²) < 4.78 is 0. The van der Waals surface area contributed by atoms with Crippen molar-refractivity contribution in [3.63, 3.8) is 0 Å². The van der Waals surface area contributed by atoms with E-state index < -0.39 is 5.97 Å². The molecule has 0 aromatic carbocycles. The van der Waals surface area contributed by atoms with Gasteiger partial charge in [0.05, 0.1) is 5.92 Å². The van der Waals surface area contributed by atoms with Crippen molar-refractivity contribution in [1.29, 1.82) is 0 Å². The van der Waals surface area contributed by atoms with E-state index in [4.69, 9.17) is 0 Å². The molecule has 1 heterocycles. The van der Waals surface area contributed by atoms with Gasteiger partial charge in [0.25, 0.3) is 0 Å². The van der Waals surface area contributed by atoms with Crippen LogP contribution < -0.4 is 0 Å².